The molecule has 0 aromatic heterocycles. The minimum atomic E-state index is -3.55. The van der Waals surface area contributed by atoms with Crippen molar-refractivity contribution in [3.8, 4) is 17.2 Å². The van der Waals surface area contributed by atoms with Crippen LogP contribution in [-0.2, 0) is 14.8 Å². The molecule has 0 spiro atoms. The van der Waals surface area contributed by atoms with Crippen molar-refractivity contribution in [2.24, 2.45) is 0 Å². The van der Waals surface area contributed by atoms with Crippen molar-refractivity contribution in [3.05, 3.63) is 42.5 Å². The van der Waals surface area contributed by atoms with Gasteiger partial charge in [-0.3, -0.25) is 9.10 Å². The zero-order valence-corrected chi connectivity index (χ0v) is 16.1. The second kappa shape index (κ2) is 7.23. The van der Waals surface area contributed by atoms with Crippen molar-refractivity contribution >= 4 is 27.3 Å². The first-order valence-electron chi connectivity index (χ1n) is 8.94. The molecule has 148 valence electrons. The molecule has 8 nitrogen and oxygen atoms in total. The monoisotopic (exact) mass is 404 g/mol. The van der Waals surface area contributed by atoms with Gasteiger partial charge in [-0.05, 0) is 31.2 Å². The molecule has 1 atom stereocenters. The van der Waals surface area contributed by atoms with Crippen LogP contribution in [0.3, 0.4) is 0 Å². The van der Waals surface area contributed by atoms with Gasteiger partial charge in [0.2, 0.25) is 10.0 Å². The fraction of sp³-hybridized carbons (Fsp3) is 0.316. The second-order valence-corrected chi connectivity index (χ2v) is 8.54. The highest BCUT2D eigenvalue weighted by molar-refractivity contribution is 7.92. The highest BCUT2D eigenvalue weighted by Gasteiger charge is 2.36. The Hall–Kier alpha value is -2.94. The summed E-state index contributed by atoms with van der Waals surface area (Å²) in [7, 11) is -3.55. The van der Waals surface area contributed by atoms with E-state index in [1.54, 1.807) is 49.4 Å². The van der Waals surface area contributed by atoms with Crippen LogP contribution in [0.15, 0.2) is 42.5 Å². The van der Waals surface area contributed by atoms with E-state index in [9.17, 15) is 13.2 Å². The van der Waals surface area contributed by atoms with Crippen LogP contribution in [0.4, 0.5) is 11.4 Å². The fourth-order valence-corrected chi connectivity index (χ4v) is 4.23. The normalized spacial score (nSPS) is 18.0. The maximum absolute atomic E-state index is 12.8. The lowest BCUT2D eigenvalue weighted by Gasteiger charge is -2.34. The smallest absolute Gasteiger partial charge is 0.267 e. The van der Waals surface area contributed by atoms with Crippen LogP contribution < -0.4 is 23.8 Å². The largest absolute Gasteiger partial charge is 0.486 e. The molecule has 0 saturated heterocycles. The molecule has 4 rings (SSSR count). The van der Waals surface area contributed by atoms with E-state index >= 15 is 0 Å². The first-order chi connectivity index (χ1) is 13.5. The van der Waals surface area contributed by atoms with E-state index in [0.29, 0.717) is 41.8 Å². The molecule has 0 unspecified atom stereocenters. The van der Waals surface area contributed by atoms with E-state index in [-0.39, 0.29) is 12.3 Å². The molecule has 2 aliphatic heterocycles. The SMILES string of the molecule is CCS(=O)(=O)N1C[C@H](C(=O)Nc2ccc3c(c2)OCCO3)Oc2ccccc21. The van der Waals surface area contributed by atoms with Crippen molar-refractivity contribution in [2.45, 2.75) is 13.0 Å². The molecule has 1 N–H and O–H groups in total. The van der Waals surface area contributed by atoms with Gasteiger partial charge in [0, 0.05) is 11.8 Å². The van der Waals surface area contributed by atoms with Gasteiger partial charge in [0.15, 0.2) is 17.6 Å². The Morgan fingerprint density at radius 2 is 1.86 bits per heavy atom. The number of hydrogen-bond acceptors (Lipinski definition) is 6. The molecule has 28 heavy (non-hydrogen) atoms. The summed E-state index contributed by atoms with van der Waals surface area (Å²) in [5.74, 6) is 1.01. The Bertz CT molecular complexity index is 1010. The summed E-state index contributed by atoms with van der Waals surface area (Å²) in [5.41, 5.74) is 0.953. The molecule has 2 aliphatic rings. The molecule has 0 aliphatic carbocycles. The van der Waals surface area contributed by atoms with Crippen molar-refractivity contribution in [1.82, 2.24) is 0 Å². The first-order valence-corrected chi connectivity index (χ1v) is 10.6. The Kier molecular flexibility index (Phi) is 4.76. The quantitative estimate of drug-likeness (QED) is 0.838. The van der Waals surface area contributed by atoms with Crippen LogP contribution in [0.2, 0.25) is 0 Å². The molecule has 0 saturated carbocycles. The highest BCUT2D eigenvalue weighted by Crippen LogP contribution is 2.36. The molecular weight excluding hydrogens is 384 g/mol. The number of ether oxygens (including phenoxy) is 3. The standard InChI is InChI=1S/C19H20N2O6S/c1-2-28(23,24)21-12-18(27-15-6-4-3-5-14(15)21)19(22)20-13-7-8-16-17(11-13)26-10-9-25-16/h3-8,11,18H,2,9-10,12H2,1H3,(H,20,22)/t18-/m1/s1. The van der Waals surface area contributed by atoms with Crippen LogP contribution >= 0.6 is 0 Å². The van der Waals surface area contributed by atoms with Crippen LogP contribution in [0.1, 0.15) is 6.92 Å². The summed E-state index contributed by atoms with van der Waals surface area (Å²) < 4.78 is 43.0. The Morgan fingerprint density at radius 3 is 2.64 bits per heavy atom. The van der Waals surface area contributed by atoms with Gasteiger partial charge in [-0.15, -0.1) is 0 Å². The fourth-order valence-electron chi connectivity index (χ4n) is 3.10. The molecule has 2 aromatic rings. The number of rotatable bonds is 4. The first kappa shape index (κ1) is 18.4. The highest BCUT2D eigenvalue weighted by atomic mass is 32.2. The number of carbonyl (C=O) groups excluding carboxylic acids is 1. The van der Waals surface area contributed by atoms with Crippen molar-refractivity contribution in [1.29, 1.82) is 0 Å². The molecule has 0 fully saturated rings. The van der Waals surface area contributed by atoms with Gasteiger partial charge in [-0.25, -0.2) is 8.42 Å². The van der Waals surface area contributed by atoms with Crippen molar-refractivity contribution in [2.75, 3.05) is 35.1 Å². The average Bonchev–Trinajstić information content (AvgIpc) is 2.72. The summed E-state index contributed by atoms with van der Waals surface area (Å²) >= 11 is 0. The van der Waals surface area contributed by atoms with E-state index in [1.807, 2.05) is 0 Å². The van der Waals surface area contributed by atoms with E-state index in [0.717, 1.165) is 0 Å². The van der Waals surface area contributed by atoms with Crippen LogP contribution in [0.25, 0.3) is 0 Å². The average molecular weight is 404 g/mol. The van der Waals surface area contributed by atoms with Gasteiger partial charge in [-0.1, -0.05) is 12.1 Å². The Balaban J connectivity index is 1.57. The van der Waals surface area contributed by atoms with Gasteiger partial charge in [-0.2, -0.15) is 0 Å². The lowest BCUT2D eigenvalue weighted by Crippen LogP contribution is -2.49. The number of nitrogens with zero attached hydrogens (tertiary/aromatic N) is 1. The zero-order valence-electron chi connectivity index (χ0n) is 15.3. The number of sulfonamides is 1. The Morgan fingerprint density at radius 1 is 1.11 bits per heavy atom. The number of hydrogen-bond donors (Lipinski definition) is 1. The third kappa shape index (κ3) is 3.45. The topological polar surface area (TPSA) is 94.2 Å². The van der Waals surface area contributed by atoms with Crippen LogP contribution in [0.5, 0.6) is 17.2 Å². The molecule has 2 heterocycles. The van der Waals surface area contributed by atoms with E-state index in [1.165, 1.54) is 4.31 Å². The number of fused-ring (bicyclic) bond motifs is 2. The lowest BCUT2D eigenvalue weighted by molar-refractivity contribution is -0.122. The summed E-state index contributed by atoms with van der Waals surface area (Å²) in [5, 5.41) is 2.76. The minimum Gasteiger partial charge on any atom is -0.486 e. The van der Waals surface area contributed by atoms with Gasteiger partial charge in [0.05, 0.1) is 18.0 Å². The minimum absolute atomic E-state index is 0.0716. The van der Waals surface area contributed by atoms with Crippen LogP contribution in [-0.4, -0.2) is 45.9 Å². The number of carbonyl (C=O) groups is 1. The van der Waals surface area contributed by atoms with E-state index < -0.39 is 22.0 Å². The summed E-state index contributed by atoms with van der Waals surface area (Å²) in [6, 6.07) is 11.9. The van der Waals surface area contributed by atoms with Gasteiger partial charge in [0.1, 0.15) is 19.0 Å². The maximum atomic E-state index is 12.8. The summed E-state index contributed by atoms with van der Waals surface area (Å²) in [6.07, 6.45) is -0.982. The van der Waals surface area contributed by atoms with E-state index in [4.69, 9.17) is 14.2 Å². The summed E-state index contributed by atoms with van der Waals surface area (Å²) in [4.78, 5) is 12.8. The molecular formula is C19H20N2O6S. The Labute approximate surface area is 163 Å². The predicted molar refractivity (Wildman–Crippen MR) is 104 cm³/mol. The maximum Gasteiger partial charge on any atom is 0.267 e. The van der Waals surface area contributed by atoms with Gasteiger partial charge in [0.25, 0.3) is 5.91 Å². The lowest BCUT2D eigenvalue weighted by atomic mass is 10.2. The number of amides is 1. The molecule has 0 radical (unpaired) electrons. The molecule has 1 amide bonds. The predicted octanol–water partition coefficient (Wildman–Crippen LogP) is 2.01. The second-order valence-electron chi connectivity index (χ2n) is 6.35. The third-order valence-electron chi connectivity index (χ3n) is 4.54. The van der Waals surface area contributed by atoms with Crippen molar-refractivity contribution in [3.63, 3.8) is 0 Å². The third-order valence-corrected chi connectivity index (χ3v) is 6.28. The van der Waals surface area contributed by atoms with Gasteiger partial charge >= 0.3 is 0 Å². The zero-order chi connectivity index (χ0) is 19.7. The number of nitrogens with one attached hydrogen (secondary N) is 1. The van der Waals surface area contributed by atoms with E-state index in [2.05, 4.69) is 5.32 Å². The molecule has 9 heteroatoms. The number of para-hydroxylation sites is 2. The molecule has 2 aromatic carbocycles. The number of anilines is 2. The van der Waals surface area contributed by atoms with Crippen LogP contribution in [0, 0.1) is 0 Å². The molecule has 0 bridgehead atoms. The summed E-state index contributed by atoms with van der Waals surface area (Å²) in [6.45, 7) is 2.40. The van der Waals surface area contributed by atoms with Crippen molar-refractivity contribution < 1.29 is 27.4 Å². The van der Waals surface area contributed by atoms with Gasteiger partial charge < -0.3 is 19.5 Å². The number of benzene rings is 2.